The van der Waals surface area contributed by atoms with Crippen molar-refractivity contribution in [3.63, 3.8) is 0 Å². The standard InChI is InChI=1S/C13H17NO2/c1-10-6-5-7-11(2)12(10)13(15)14-8-3-4-9-16-14/h5-7H,3-4,8-9H2,1-2H3. The molecule has 0 spiro atoms. The van der Waals surface area contributed by atoms with Gasteiger partial charge in [0.05, 0.1) is 6.61 Å². The number of hydrogen-bond donors (Lipinski definition) is 0. The lowest BCUT2D eigenvalue weighted by Gasteiger charge is -2.27. The monoisotopic (exact) mass is 219 g/mol. The molecule has 1 aliphatic rings. The van der Waals surface area contributed by atoms with Gasteiger partial charge >= 0.3 is 0 Å². The summed E-state index contributed by atoms with van der Waals surface area (Å²) in [4.78, 5) is 17.6. The van der Waals surface area contributed by atoms with Crippen LogP contribution in [0.4, 0.5) is 0 Å². The number of rotatable bonds is 1. The second-order valence-corrected chi connectivity index (χ2v) is 4.21. The van der Waals surface area contributed by atoms with Crippen molar-refractivity contribution in [2.75, 3.05) is 13.2 Å². The molecule has 16 heavy (non-hydrogen) atoms. The maximum Gasteiger partial charge on any atom is 0.277 e. The van der Waals surface area contributed by atoms with Crippen molar-refractivity contribution < 1.29 is 9.63 Å². The predicted octanol–water partition coefficient (Wildman–Crippen LogP) is 2.47. The summed E-state index contributed by atoms with van der Waals surface area (Å²) >= 11 is 0. The molecule has 0 aliphatic carbocycles. The van der Waals surface area contributed by atoms with Gasteiger partial charge in [-0.2, -0.15) is 0 Å². The Morgan fingerprint density at radius 2 is 1.94 bits per heavy atom. The number of carbonyl (C=O) groups excluding carboxylic acids is 1. The summed E-state index contributed by atoms with van der Waals surface area (Å²) < 4.78 is 0. The molecule has 0 unspecified atom stereocenters. The SMILES string of the molecule is Cc1cccc(C)c1C(=O)N1CCCCO1. The maximum absolute atomic E-state index is 12.2. The van der Waals surface area contributed by atoms with Crippen molar-refractivity contribution in [2.24, 2.45) is 0 Å². The summed E-state index contributed by atoms with van der Waals surface area (Å²) in [6.45, 7) is 5.28. The minimum absolute atomic E-state index is 0.00435. The van der Waals surface area contributed by atoms with Crippen LogP contribution in [0.3, 0.4) is 0 Å². The summed E-state index contributed by atoms with van der Waals surface area (Å²) in [6.07, 6.45) is 2.06. The van der Waals surface area contributed by atoms with E-state index in [2.05, 4.69) is 0 Å². The zero-order valence-electron chi connectivity index (χ0n) is 9.82. The van der Waals surface area contributed by atoms with Gasteiger partial charge in [-0.3, -0.25) is 9.63 Å². The summed E-state index contributed by atoms with van der Waals surface area (Å²) in [7, 11) is 0. The Hall–Kier alpha value is -1.35. The van der Waals surface area contributed by atoms with Crippen molar-refractivity contribution in [1.29, 1.82) is 0 Å². The van der Waals surface area contributed by atoms with Gasteiger partial charge in [-0.25, -0.2) is 5.06 Å². The third-order valence-electron chi connectivity index (χ3n) is 2.92. The number of benzene rings is 1. The van der Waals surface area contributed by atoms with E-state index in [9.17, 15) is 4.79 Å². The number of carbonyl (C=O) groups is 1. The van der Waals surface area contributed by atoms with Gasteiger partial charge in [-0.15, -0.1) is 0 Å². The molecule has 0 saturated carbocycles. The fraction of sp³-hybridized carbons (Fsp3) is 0.462. The van der Waals surface area contributed by atoms with Crippen LogP contribution in [0, 0.1) is 13.8 Å². The van der Waals surface area contributed by atoms with Crippen molar-refractivity contribution in [2.45, 2.75) is 26.7 Å². The first-order chi connectivity index (χ1) is 7.70. The van der Waals surface area contributed by atoms with Gasteiger partial charge in [-0.1, -0.05) is 18.2 Å². The summed E-state index contributed by atoms with van der Waals surface area (Å²) in [5.41, 5.74) is 2.81. The molecule has 86 valence electrons. The zero-order chi connectivity index (χ0) is 11.5. The van der Waals surface area contributed by atoms with Crippen LogP contribution in [0.15, 0.2) is 18.2 Å². The average Bonchev–Trinajstić information content (AvgIpc) is 2.30. The van der Waals surface area contributed by atoms with Crippen LogP contribution in [-0.4, -0.2) is 24.1 Å². The number of amides is 1. The molecule has 0 atom stereocenters. The van der Waals surface area contributed by atoms with E-state index in [-0.39, 0.29) is 5.91 Å². The predicted molar refractivity (Wildman–Crippen MR) is 62.1 cm³/mol. The molecule has 0 bridgehead atoms. The minimum Gasteiger partial charge on any atom is -0.271 e. The van der Waals surface area contributed by atoms with Gasteiger partial charge in [0.15, 0.2) is 0 Å². The molecular formula is C13H17NO2. The van der Waals surface area contributed by atoms with Crippen LogP contribution >= 0.6 is 0 Å². The van der Waals surface area contributed by atoms with Crippen LogP contribution in [0.25, 0.3) is 0 Å². The second-order valence-electron chi connectivity index (χ2n) is 4.21. The molecular weight excluding hydrogens is 202 g/mol. The molecule has 3 heteroatoms. The number of hydroxylamine groups is 2. The van der Waals surface area contributed by atoms with Gasteiger partial charge in [0, 0.05) is 12.1 Å². The van der Waals surface area contributed by atoms with Crippen molar-refractivity contribution in [1.82, 2.24) is 5.06 Å². The topological polar surface area (TPSA) is 29.5 Å². The fourth-order valence-electron chi connectivity index (χ4n) is 2.03. The first-order valence-corrected chi connectivity index (χ1v) is 5.71. The van der Waals surface area contributed by atoms with E-state index in [1.807, 2.05) is 32.0 Å². The lowest BCUT2D eigenvalue weighted by Crippen LogP contribution is -2.36. The fourth-order valence-corrected chi connectivity index (χ4v) is 2.03. The van der Waals surface area contributed by atoms with Crippen molar-refractivity contribution in [3.8, 4) is 0 Å². The van der Waals surface area contributed by atoms with Gasteiger partial charge in [0.1, 0.15) is 0 Å². The molecule has 1 saturated heterocycles. The highest BCUT2D eigenvalue weighted by Crippen LogP contribution is 2.18. The van der Waals surface area contributed by atoms with Gasteiger partial charge in [-0.05, 0) is 37.8 Å². The van der Waals surface area contributed by atoms with Gasteiger partial charge in [0.2, 0.25) is 0 Å². The average molecular weight is 219 g/mol. The molecule has 1 aromatic carbocycles. The molecule has 0 radical (unpaired) electrons. The molecule has 1 aliphatic heterocycles. The number of nitrogens with zero attached hydrogens (tertiary/aromatic N) is 1. The number of hydrogen-bond acceptors (Lipinski definition) is 2. The Kier molecular flexibility index (Phi) is 3.25. The van der Waals surface area contributed by atoms with Crippen LogP contribution in [-0.2, 0) is 4.84 Å². The van der Waals surface area contributed by atoms with E-state index in [0.717, 1.165) is 29.5 Å². The molecule has 1 heterocycles. The molecule has 1 fully saturated rings. The van der Waals surface area contributed by atoms with E-state index in [4.69, 9.17) is 4.84 Å². The van der Waals surface area contributed by atoms with Crippen LogP contribution in [0.5, 0.6) is 0 Å². The van der Waals surface area contributed by atoms with E-state index >= 15 is 0 Å². The zero-order valence-corrected chi connectivity index (χ0v) is 9.82. The Morgan fingerprint density at radius 1 is 1.25 bits per heavy atom. The third kappa shape index (κ3) is 2.09. The third-order valence-corrected chi connectivity index (χ3v) is 2.92. The quantitative estimate of drug-likeness (QED) is 0.726. The lowest BCUT2D eigenvalue weighted by atomic mass is 10.0. The van der Waals surface area contributed by atoms with E-state index in [1.54, 1.807) is 0 Å². The summed E-state index contributed by atoms with van der Waals surface area (Å²) in [5, 5.41) is 1.50. The van der Waals surface area contributed by atoms with Crippen LogP contribution in [0.1, 0.15) is 34.3 Å². The summed E-state index contributed by atoms with van der Waals surface area (Å²) in [6, 6.07) is 5.90. The second kappa shape index (κ2) is 4.66. The normalized spacial score (nSPS) is 16.2. The molecule has 0 N–H and O–H groups in total. The van der Waals surface area contributed by atoms with Crippen molar-refractivity contribution >= 4 is 5.91 Å². The van der Waals surface area contributed by atoms with Gasteiger partial charge < -0.3 is 0 Å². The lowest BCUT2D eigenvalue weighted by molar-refractivity contribution is -0.144. The van der Waals surface area contributed by atoms with E-state index < -0.39 is 0 Å². The Labute approximate surface area is 96.0 Å². The molecule has 0 aromatic heterocycles. The molecule has 2 rings (SSSR count). The largest absolute Gasteiger partial charge is 0.277 e. The van der Waals surface area contributed by atoms with Gasteiger partial charge in [0.25, 0.3) is 5.91 Å². The smallest absolute Gasteiger partial charge is 0.271 e. The minimum atomic E-state index is -0.00435. The molecule has 1 amide bonds. The first-order valence-electron chi connectivity index (χ1n) is 5.71. The van der Waals surface area contributed by atoms with Crippen LogP contribution in [0.2, 0.25) is 0 Å². The Bertz CT molecular complexity index is 375. The number of aryl methyl sites for hydroxylation is 2. The maximum atomic E-state index is 12.2. The highest BCUT2D eigenvalue weighted by Gasteiger charge is 2.22. The Balaban J connectivity index is 2.26. The Morgan fingerprint density at radius 3 is 2.50 bits per heavy atom. The van der Waals surface area contributed by atoms with Crippen LogP contribution < -0.4 is 0 Å². The highest BCUT2D eigenvalue weighted by molar-refractivity contribution is 5.96. The van der Waals surface area contributed by atoms with E-state index in [1.165, 1.54) is 5.06 Å². The first kappa shape index (κ1) is 11.1. The van der Waals surface area contributed by atoms with Crippen molar-refractivity contribution in [3.05, 3.63) is 34.9 Å². The molecule has 1 aromatic rings. The van der Waals surface area contributed by atoms with E-state index in [0.29, 0.717) is 13.2 Å². The summed E-state index contributed by atoms with van der Waals surface area (Å²) in [5.74, 6) is -0.00435. The highest BCUT2D eigenvalue weighted by atomic mass is 16.7. The molecule has 3 nitrogen and oxygen atoms in total.